The number of methoxy groups -OCH3 is 1. The van der Waals surface area contributed by atoms with Gasteiger partial charge < -0.3 is 24.1 Å². The third-order valence-electron chi connectivity index (χ3n) is 4.57. The Morgan fingerprint density at radius 1 is 1.09 bits per heavy atom. The molecule has 2 rings (SSSR count). The fraction of sp³-hybridized carbons (Fsp3) is 0.520. The molecule has 0 fully saturated rings. The average Bonchev–Trinajstić information content (AvgIpc) is 3.32. The van der Waals surface area contributed by atoms with E-state index in [1.807, 2.05) is 51.1 Å². The Morgan fingerprint density at radius 3 is 2.42 bits per heavy atom. The van der Waals surface area contributed by atoms with Crippen LogP contribution in [0, 0.1) is 17.3 Å². The summed E-state index contributed by atoms with van der Waals surface area (Å²) in [4.78, 5) is 4.01. The molecule has 1 heterocycles. The third-order valence-corrected chi connectivity index (χ3v) is 4.57. The molecule has 0 aliphatic carbocycles. The van der Waals surface area contributed by atoms with Crippen molar-refractivity contribution in [3.05, 3.63) is 48.0 Å². The van der Waals surface area contributed by atoms with E-state index in [-0.39, 0.29) is 5.41 Å². The van der Waals surface area contributed by atoms with Gasteiger partial charge in [0.05, 0.1) is 45.3 Å². The molecule has 0 aliphatic rings. The summed E-state index contributed by atoms with van der Waals surface area (Å²) in [7, 11) is 1.64. The van der Waals surface area contributed by atoms with Crippen LogP contribution in [0.5, 0.6) is 0 Å². The summed E-state index contributed by atoms with van der Waals surface area (Å²) in [5.41, 5.74) is 2.07. The Morgan fingerprint density at radius 2 is 1.79 bits per heavy atom. The predicted molar refractivity (Wildman–Crippen MR) is 127 cm³/mol. The molecule has 0 saturated heterocycles. The predicted octanol–water partition coefficient (Wildman–Crippen LogP) is 2.73. The largest absolute Gasteiger partial charge is 0.386 e. The fourth-order valence-electron chi connectivity index (χ4n) is 2.78. The first kappa shape index (κ1) is 26.7. The molecule has 1 unspecified atom stereocenters. The minimum atomic E-state index is -0.721. The van der Waals surface area contributed by atoms with Gasteiger partial charge in [0.25, 0.3) is 0 Å². The molecule has 8 nitrogen and oxygen atoms in total. The molecule has 0 aliphatic heterocycles. The molecule has 8 heteroatoms. The average molecular weight is 458 g/mol. The number of nitrogens with zero attached hydrogens (tertiary/aromatic N) is 3. The van der Waals surface area contributed by atoms with Gasteiger partial charge in [-0.2, -0.15) is 5.10 Å². The Balaban J connectivity index is 1.85. The van der Waals surface area contributed by atoms with E-state index < -0.39 is 6.10 Å². The van der Waals surface area contributed by atoms with E-state index in [1.165, 1.54) is 6.33 Å². The zero-order valence-corrected chi connectivity index (χ0v) is 20.0. The highest BCUT2D eigenvalue weighted by molar-refractivity contribution is 5.73. The second kappa shape index (κ2) is 14.6. The summed E-state index contributed by atoms with van der Waals surface area (Å²) in [6.07, 6.45) is 4.22. The van der Waals surface area contributed by atoms with Crippen LogP contribution in [0.4, 0.5) is 0 Å². The summed E-state index contributed by atoms with van der Waals surface area (Å²) >= 11 is 0. The number of benzene rings is 1. The van der Waals surface area contributed by atoms with E-state index >= 15 is 0 Å². The van der Waals surface area contributed by atoms with E-state index in [0.717, 1.165) is 11.1 Å². The summed E-state index contributed by atoms with van der Waals surface area (Å²) in [6, 6.07) is 7.80. The van der Waals surface area contributed by atoms with Gasteiger partial charge in [-0.05, 0) is 29.2 Å². The SMILES string of the molecule is COCCOCCOCCOCC#Cc1cccc(/C=C(/C(O)C(C)(C)C)n2cncn2)c1. The second-order valence-electron chi connectivity index (χ2n) is 8.38. The smallest absolute Gasteiger partial charge is 0.138 e. The van der Waals surface area contributed by atoms with Crippen molar-refractivity contribution < 1.29 is 24.1 Å². The molecule has 1 aromatic heterocycles. The van der Waals surface area contributed by atoms with Crippen molar-refractivity contribution in [2.24, 2.45) is 5.41 Å². The van der Waals surface area contributed by atoms with Crippen molar-refractivity contribution in [1.82, 2.24) is 14.8 Å². The molecule has 0 saturated carbocycles. The molecule has 180 valence electrons. The molecule has 0 radical (unpaired) electrons. The van der Waals surface area contributed by atoms with Gasteiger partial charge in [-0.25, -0.2) is 9.67 Å². The quantitative estimate of drug-likeness (QED) is 0.365. The summed E-state index contributed by atoms with van der Waals surface area (Å²) in [5, 5.41) is 15.0. The van der Waals surface area contributed by atoms with Gasteiger partial charge in [-0.1, -0.05) is 44.7 Å². The van der Waals surface area contributed by atoms with Crippen molar-refractivity contribution >= 4 is 11.8 Å². The second-order valence-corrected chi connectivity index (χ2v) is 8.38. The lowest BCUT2D eigenvalue weighted by atomic mass is 9.86. The lowest BCUT2D eigenvalue weighted by Gasteiger charge is -2.28. The normalized spacial score (nSPS) is 12.9. The molecular weight excluding hydrogens is 422 g/mol. The molecule has 1 N–H and O–H groups in total. The molecular formula is C25H35N3O5. The van der Waals surface area contributed by atoms with Crippen molar-refractivity contribution in [3.63, 3.8) is 0 Å². The maximum absolute atomic E-state index is 10.9. The molecule has 0 amide bonds. The summed E-state index contributed by atoms with van der Waals surface area (Å²) < 4.78 is 22.7. The van der Waals surface area contributed by atoms with Gasteiger partial charge in [0.15, 0.2) is 0 Å². The maximum Gasteiger partial charge on any atom is 0.138 e. The number of aromatic nitrogens is 3. The number of ether oxygens (including phenoxy) is 4. The minimum absolute atomic E-state index is 0.320. The van der Waals surface area contributed by atoms with Crippen LogP contribution in [0.25, 0.3) is 11.8 Å². The number of hydrogen-bond acceptors (Lipinski definition) is 7. The lowest BCUT2D eigenvalue weighted by Crippen LogP contribution is -2.29. The highest BCUT2D eigenvalue weighted by Gasteiger charge is 2.27. The Labute approximate surface area is 196 Å². The molecule has 1 aromatic carbocycles. The van der Waals surface area contributed by atoms with Crippen LogP contribution >= 0.6 is 0 Å². The maximum atomic E-state index is 10.9. The zero-order valence-electron chi connectivity index (χ0n) is 20.0. The molecule has 33 heavy (non-hydrogen) atoms. The van der Waals surface area contributed by atoms with Crippen LogP contribution in [-0.2, 0) is 18.9 Å². The summed E-state index contributed by atoms with van der Waals surface area (Å²) in [6.45, 7) is 9.45. The van der Waals surface area contributed by atoms with Crippen LogP contribution in [-0.4, -0.2) is 79.3 Å². The van der Waals surface area contributed by atoms with Crippen molar-refractivity contribution in [2.45, 2.75) is 26.9 Å². The third kappa shape index (κ3) is 10.3. The van der Waals surface area contributed by atoms with Crippen LogP contribution in [0.15, 0.2) is 36.9 Å². The standard InChI is InChI=1S/C25H35N3O5/c1-25(2,3)24(29)23(28-20-26-19-27-28)18-22-8-5-7-21(17-22)9-6-10-31-13-14-33-16-15-32-12-11-30-4/h5,7-8,17-20,24,29H,10-16H2,1-4H3/b23-18-. The molecule has 0 bridgehead atoms. The van der Waals surface area contributed by atoms with Gasteiger partial charge >= 0.3 is 0 Å². The first-order valence-corrected chi connectivity index (χ1v) is 11.0. The van der Waals surface area contributed by atoms with Crippen molar-refractivity contribution in [2.75, 3.05) is 53.4 Å². The first-order chi connectivity index (χ1) is 15.9. The van der Waals surface area contributed by atoms with Crippen LogP contribution in [0.1, 0.15) is 31.9 Å². The topological polar surface area (TPSA) is 87.9 Å². The van der Waals surface area contributed by atoms with Gasteiger partial charge in [-0.3, -0.25) is 0 Å². The van der Waals surface area contributed by atoms with E-state index in [1.54, 1.807) is 18.1 Å². The number of aliphatic hydroxyl groups excluding tert-OH is 1. The van der Waals surface area contributed by atoms with Gasteiger partial charge in [-0.15, -0.1) is 0 Å². The number of rotatable bonds is 13. The van der Waals surface area contributed by atoms with Gasteiger partial charge in [0.2, 0.25) is 0 Å². The molecule has 2 aromatic rings. The Hall–Kier alpha value is -2.54. The van der Waals surface area contributed by atoms with Gasteiger partial charge in [0, 0.05) is 12.7 Å². The lowest BCUT2D eigenvalue weighted by molar-refractivity contribution is 0.00758. The first-order valence-electron chi connectivity index (χ1n) is 11.0. The van der Waals surface area contributed by atoms with Crippen LogP contribution in [0.3, 0.4) is 0 Å². The van der Waals surface area contributed by atoms with E-state index in [0.29, 0.717) is 51.9 Å². The van der Waals surface area contributed by atoms with Crippen LogP contribution < -0.4 is 0 Å². The fourth-order valence-corrected chi connectivity index (χ4v) is 2.78. The van der Waals surface area contributed by atoms with Crippen LogP contribution in [0.2, 0.25) is 0 Å². The minimum Gasteiger partial charge on any atom is -0.386 e. The molecule has 0 spiro atoms. The van der Waals surface area contributed by atoms with E-state index in [2.05, 4.69) is 21.9 Å². The number of aliphatic hydroxyl groups is 1. The summed E-state index contributed by atoms with van der Waals surface area (Å²) in [5.74, 6) is 6.13. The van der Waals surface area contributed by atoms with Crippen molar-refractivity contribution in [3.8, 4) is 11.8 Å². The molecule has 1 atom stereocenters. The van der Waals surface area contributed by atoms with E-state index in [4.69, 9.17) is 18.9 Å². The zero-order chi connectivity index (χ0) is 23.9. The Kier molecular flexibility index (Phi) is 11.8. The van der Waals surface area contributed by atoms with Crippen molar-refractivity contribution in [1.29, 1.82) is 0 Å². The monoisotopic (exact) mass is 457 g/mol. The highest BCUT2D eigenvalue weighted by Crippen LogP contribution is 2.28. The van der Waals surface area contributed by atoms with E-state index in [9.17, 15) is 5.11 Å². The highest BCUT2D eigenvalue weighted by atomic mass is 16.6. The van der Waals surface area contributed by atoms with Gasteiger partial charge in [0.1, 0.15) is 25.4 Å². The number of hydrogen-bond donors (Lipinski definition) is 1. The Bertz CT molecular complexity index is 895.